The van der Waals surface area contributed by atoms with Crippen LogP contribution in [0.15, 0.2) is 17.5 Å². The van der Waals surface area contributed by atoms with Crippen LogP contribution in [0.4, 0.5) is 0 Å². The maximum atomic E-state index is 10.9. The van der Waals surface area contributed by atoms with Gasteiger partial charge in [0.15, 0.2) is 0 Å². The molecule has 2 aromatic rings. The number of aromatic nitrogens is 1. The number of nitrogens with zero attached hydrogens (tertiary/aromatic N) is 1. The van der Waals surface area contributed by atoms with Gasteiger partial charge in [-0.25, -0.2) is 4.98 Å². The number of hydrogen-bond acceptors (Lipinski definition) is 4. The van der Waals surface area contributed by atoms with Gasteiger partial charge in [-0.05, 0) is 25.0 Å². The summed E-state index contributed by atoms with van der Waals surface area (Å²) in [6.45, 7) is 2.15. The topological polar surface area (TPSA) is 42.0 Å². The summed E-state index contributed by atoms with van der Waals surface area (Å²) >= 11 is 3.47. The Morgan fingerprint density at radius 3 is 3.06 bits per heavy atom. The average Bonchev–Trinajstić information content (AvgIpc) is 2.92. The Hall–Kier alpha value is -1.20. The van der Waals surface area contributed by atoms with E-state index in [4.69, 9.17) is 4.98 Å². The molecule has 94 valence electrons. The highest BCUT2D eigenvalue weighted by Crippen LogP contribution is 2.43. The van der Waals surface area contributed by atoms with Crippen LogP contribution in [0.3, 0.4) is 0 Å². The molecule has 1 aliphatic rings. The van der Waals surface area contributed by atoms with Gasteiger partial charge in [0.2, 0.25) is 5.91 Å². The molecule has 1 amide bonds. The van der Waals surface area contributed by atoms with Crippen LogP contribution in [0.1, 0.15) is 35.6 Å². The second-order valence-corrected chi connectivity index (χ2v) is 6.58. The summed E-state index contributed by atoms with van der Waals surface area (Å²) in [5, 5.41) is 6.23. The van der Waals surface area contributed by atoms with Gasteiger partial charge in [0, 0.05) is 23.1 Å². The Bertz CT molecular complexity index is 569. The fraction of sp³-hybridized carbons (Fsp3) is 0.385. The van der Waals surface area contributed by atoms with Crippen molar-refractivity contribution in [1.82, 2.24) is 10.3 Å². The van der Waals surface area contributed by atoms with Gasteiger partial charge in [0.1, 0.15) is 0 Å². The number of hydrogen-bond donors (Lipinski definition) is 1. The first-order valence-corrected chi connectivity index (χ1v) is 7.71. The minimum atomic E-state index is 0.00891. The van der Waals surface area contributed by atoms with E-state index in [0.717, 1.165) is 11.6 Å². The first-order chi connectivity index (χ1) is 8.72. The number of rotatable bonds is 4. The van der Waals surface area contributed by atoms with Crippen LogP contribution in [0, 0.1) is 0 Å². The molecule has 18 heavy (non-hydrogen) atoms. The number of thiazole rings is 1. The van der Waals surface area contributed by atoms with Gasteiger partial charge < -0.3 is 5.32 Å². The average molecular weight is 278 g/mol. The van der Waals surface area contributed by atoms with Gasteiger partial charge in [0.25, 0.3) is 0 Å². The van der Waals surface area contributed by atoms with Crippen molar-refractivity contribution >= 4 is 28.6 Å². The normalized spacial score (nSPS) is 14.7. The highest BCUT2D eigenvalue weighted by Gasteiger charge is 2.26. The molecule has 0 aliphatic heterocycles. The van der Waals surface area contributed by atoms with Crippen molar-refractivity contribution in [2.75, 3.05) is 0 Å². The third kappa shape index (κ3) is 2.62. The number of carbonyl (C=O) groups is 1. The van der Waals surface area contributed by atoms with E-state index in [1.807, 2.05) is 0 Å². The minimum absolute atomic E-state index is 0.00891. The Balaban J connectivity index is 1.72. The van der Waals surface area contributed by atoms with E-state index in [0.29, 0.717) is 6.54 Å². The van der Waals surface area contributed by atoms with Gasteiger partial charge in [-0.15, -0.1) is 22.7 Å². The van der Waals surface area contributed by atoms with Crippen LogP contribution in [0.5, 0.6) is 0 Å². The summed E-state index contributed by atoms with van der Waals surface area (Å²) in [7, 11) is 0. The van der Waals surface area contributed by atoms with Crippen molar-refractivity contribution in [2.24, 2.45) is 0 Å². The quantitative estimate of drug-likeness (QED) is 0.931. The van der Waals surface area contributed by atoms with E-state index in [-0.39, 0.29) is 5.91 Å². The van der Waals surface area contributed by atoms with Crippen molar-refractivity contribution in [1.29, 1.82) is 0 Å². The molecule has 0 unspecified atom stereocenters. The molecule has 0 saturated heterocycles. The molecule has 0 aromatic carbocycles. The van der Waals surface area contributed by atoms with Crippen LogP contribution in [-0.2, 0) is 11.3 Å². The number of amides is 1. The third-order valence-corrected chi connectivity index (χ3v) is 4.99. The lowest BCUT2D eigenvalue weighted by atomic mass is 10.3. The zero-order valence-electron chi connectivity index (χ0n) is 10.1. The zero-order chi connectivity index (χ0) is 12.5. The standard InChI is InChI=1S/C13H14N2OS2/c1-8(16)14-6-10-4-5-12(18-10)11-7-17-13(15-11)9-2-3-9/h4-5,7,9H,2-3,6H2,1H3,(H,14,16). The number of carbonyl (C=O) groups excluding carboxylic acids is 1. The molecule has 1 N–H and O–H groups in total. The Kier molecular flexibility index (Phi) is 3.18. The van der Waals surface area contributed by atoms with Gasteiger partial charge in [-0.2, -0.15) is 0 Å². The van der Waals surface area contributed by atoms with E-state index < -0.39 is 0 Å². The predicted molar refractivity (Wildman–Crippen MR) is 74.9 cm³/mol. The van der Waals surface area contributed by atoms with E-state index in [1.54, 1.807) is 22.7 Å². The maximum Gasteiger partial charge on any atom is 0.217 e. The molecule has 0 spiro atoms. The summed E-state index contributed by atoms with van der Waals surface area (Å²) in [5.41, 5.74) is 1.08. The molecule has 5 heteroatoms. The second-order valence-electron chi connectivity index (χ2n) is 4.52. The molecule has 1 saturated carbocycles. The van der Waals surface area contributed by atoms with Crippen LogP contribution in [0.25, 0.3) is 10.6 Å². The van der Waals surface area contributed by atoms with Crippen LogP contribution < -0.4 is 5.32 Å². The van der Waals surface area contributed by atoms with Gasteiger partial charge in [0.05, 0.1) is 22.1 Å². The molecule has 1 aliphatic carbocycles. The molecule has 0 atom stereocenters. The Morgan fingerprint density at radius 2 is 2.33 bits per heavy atom. The predicted octanol–water partition coefficient (Wildman–Crippen LogP) is 3.39. The second kappa shape index (κ2) is 4.82. The monoisotopic (exact) mass is 278 g/mol. The van der Waals surface area contributed by atoms with Crippen LogP contribution in [-0.4, -0.2) is 10.9 Å². The molecule has 0 radical (unpaired) electrons. The van der Waals surface area contributed by atoms with Gasteiger partial charge >= 0.3 is 0 Å². The summed E-state index contributed by atoms with van der Waals surface area (Å²) in [6, 6.07) is 4.15. The van der Waals surface area contributed by atoms with Gasteiger partial charge in [-0.3, -0.25) is 4.79 Å². The molecule has 2 heterocycles. The number of nitrogens with one attached hydrogen (secondary N) is 1. The van der Waals surface area contributed by atoms with E-state index in [1.165, 1.54) is 34.5 Å². The van der Waals surface area contributed by atoms with E-state index in [2.05, 4.69) is 22.8 Å². The van der Waals surface area contributed by atoms with E-state index >= 15 is 0 Å². The van der Waals surface area contributed by atoms with Crippen LogP contribution >= 0.6 is 22.7 Å². The van der Waals surface area contributed by atoms with Gasteiger partial charge in [-0.1, -0.05) is 0 Å². The lowest BCUT2D eigenvalue weighted by Gasteiger charge is -1.97. The first kappa shape index (κ1) is 11.9. The largest absolute Gasteiger partial charge is 0.351 e. The molecule has 3 nitrogen and oxygen atoms in total. The minimum Gasteiger partial charge on any atom is -0.351 e. The zero-order valence-corrected chi connectivity index (χ0v) is 11.7. The highest BCUT2D eigenvalue weighted by atomic mass is 32.1. The lowest BCUT2D eigenvalue weighted by molar-refractivity contribution is -0.119. The van der Waals surface area contributed by atoms with Crippen molar-refractivity contribution < 1.29 is 4.79 Å². The highest BCUT2D eigenvalue weighted by molar-refractivity contribution is 7.16. The first-order valence-electron chi connectivity index (χ1n) is 6.01. The Morgan fingerprint density at radius 1 is 1.50 bits per heavy atom. The Labute approximate surface area is 114 Å². The summed E-state index contributed by atoms with van der Waals surface area (Å²) in [6.07, 6.45) is 2.59. The maximum absolute atomic E-state index is 10.9. The van der Waals surface area contributed by atoms with Crippen LogP contribution in [0.2, 0.25) is 0 Å². The fourth-order valence-electron chi connectivity index (χ4n) is 1.74. The molecular weight excluding hydrogens is 264 g/mol. The fourth-order valence-corrected chi connectivity index (χ4v) is 3.71. The van der Waals surface area contributed by atoms with Crippen molar-refractivity contribution in [2.45, 2.75) is 32.2 Å². The molecule has 0 bridgehead atoms. The molecule has 1 fully saturated rings. The summed E-state index contributed by atoms with van der Waals surface area (Å²) < 4.78 is 0. The molecule has 2 aromatic heterocycles. The SMILES string of the molecule is CC(=O)NCc1ccc(-c2csc(C3CC3)n2)s1. The smallest absolute Gasteiger partial charge is 0.217 e. The van der Waals surface area contributed by atoms with E-state index in [9.17, 15) is 4.79 Å². The number of thiophene rings is 1. The summed E-state index contributed by atoms with van der Waals surface area (Å²) in [4.78, 5) is 17.9. The molecule has 3 rings (SSSR count). The lowest BCUT2D eigenvalue weighted by Crippen LogP contribution is -2.17. The van der Waals surface area contributed by atoms with Crippen molar-refractivity contribution in [3.8, 4) is 10.6 Å². The molecular formula is C13H14N2OS2. The van der Waals surface area contributed by atoms with Crippen molar-refractivity contribution in [3.63, 3.8) is 0 Å². The third-order valence-electron chi connectivity index (χ3n) is 2.87. The summed E-state index contributed by atoms with van der Waals surface area (Å²) in [5.74, 6) is 0.734. The van der Waals surface area contributed by atoms with Crippen molar-refractivity contribution in [3.05, 3.63) is 27.4 Å².